The van der Waals surface area contributed by atoms with Gasteiger partial charge in [-0.25, -0.2) is 17.6 Å². The number of hydrogen-bond acceptors (Lipinski definition) is 6. The number of carbonyl (C=O) groups is 4. The van der Waals surface area contributed by atoms with Crippen LogP contribution >= 0.6 is 0 Å². The summed E-state index contributed by atoms with van der Waals surface area (Å²) in [7, 11) is 0. The van der Waals surface area contributed by atoms with E-state index in [1.165, 1.54) is 0 Å². The third-order valence-electron chi connectivity index (χ3n) is 3.14. The molecule has 0 N–H and O–H groups in total. The van der Waals surface area contributed by atoms with Gasteiger partial charge in [0.05, 0.1) is 0 Å². The van der Waals surface area contributed by atoms with E-state index in [0.717, 1.165) is 38.1 Å². The summed E-state index contributed by atoms with van der Waals surface area (Å²) in [5.74, 6) is -6.73. The molecule has 0 saturated heterocycles. The third-order valence-corrected chi connectivity index (χ3v) is 3.14. The summed E-state index contributed by atoms with van der Waals surface area (Å²) in [5.41, 5.74) is -0.699. The zero-order chi connectivity index (χ0) is 22.8. The van der Waals surface area contributed by atoms with Crippen LogP contribution in [0.4, 0.5) is 17.6 Å². The van der Waals surface area contributed by atoms with Crippen LogP contribution in [0.3, 0.4) is 0 Å². The Balaban J connectivity index is -0.000000500. The molecule has 0 aliphatic rings. The fourth-order valence-corrected chi connectivity index (χ4v) is 1.81. The number of hydrogen-bond donors (Lipinski definition) is 0. The number of ketones is 2. The number of ether oxygens (including phenoxy) is 2. The molecule has 0 radical (unpaired) electrons. The van der Waals surface area contributed by atoms with Gasteiger partial charge in [-0.15, -0.1) is 24.3 Å². The standard InChI is InChI=1S/2C10H7F2O3.2CH3.Ti/c2*1-6(13)15-5-10(14)8-3-2-7(11)4-9(8)12;;;/h2*2-3H,5H2,1H3;2*1H3;/q4*-1;+4. The topological polar surface area (TPSA) is 86.7 Å². The first-order valence-corrected chi connectivity index (χ1v) is 8.09. The van der Waals surface area contributed by atoms with Crippen molar-refractivity contribution in [2.75, 3.05) is 13.2 Å². The van der Waals surface area contributed by atoms with E-state index in [4.69, 9.17) is 0 Å². The van der Waals surface area contributed by atoms with Crippen molar-refractivity contribution in [1.29, 1.82) is 0 Å². The summed E-state index contributed by atoms with van der Waals surface area (Å²) in [6.07, 6.45) is 0. The molecule has 11 heteroatoms. The van der Waals surface area contributed by atoms with Gasteiger partial charge in [-0.3, -0.25) is 9.59 Å². The molecule has 176 valence electrons. The van der Waals surface area contributed by atoms with Crippen LogP contribution in [-0.4, -0.2) is 36.7 Å². The second kappa shape index (κ2) is 16.7. The number of halogens is 4. The molecule has 0 fully saturated rings. The fraction of sp³-hybridized carbons (Fsp3) is 0.182. The van der Waals surface area contributed by atoms with Crippen LogP contribution in [0.1, 0.15) is 34.6 Å². The van der Waals surface area contributed by atoms with Crippen LogP contribution in [-0.2, 0) is 40.8 Å². The average Bonchev–Trinajstić information content (AvgIpc) is 2.64. The summed E-state index contributed by atoms with van der Waals surface area (Å²) in [4.78, 5) is 43.2. The number of rotatable bonds is 6. The number of carbonyl (C=O) groups excluding carboxylic acids is 4. The molecule has 0 aliphatic heterocycles. The Labute approximate surface area is 204 Å². The summed E-state index contributed by atoms with van der Waals surface area (Å²) in [6, 6.07) is 7.20. The minimum absolute atomic E-state index is 0. The molecular weight excluding hydrogens is 484 g/mol. The molecule has 0 aromatic heterocycles. The summed E-state index contributed by atoms with van der Waals surface area (Å²) < 4.78 is 59.6. The van der Waals surface area contributed by atoms with Crippen molar-refractivity contribution >= 4 is 23.5 Å². The first-order chi connectivity index (χ1) is 14.0. The van der Waals surface area contributed by atoms with Crippen molar-refractivity contribution in [3.8, 4) is 0 Å². The van der Waals surface area contributed by atoms with E-state index in [0.29, 0.717) is 0 Å². The van der Waals surface area contributed by atoms with E-state index in [1.807, 2.05) is 0 Å². The summed E-state index contributed by atoms with van der Waals surface area (Å²) in [6.45, 7) is 1.12. The van der Waals surface area contributed by atoms with Gasteiger partial charge in [0.25, 0.3) is 0 Å². The molecule has 0 heterocycles. The maximum Gasteiger partial charge on any atom is 4.00 e. The fourth-order valence-electron chi connectivity index (χ4n) is 1.81. The van der Waals surface area contributed by atoms with Gasteiger partial charge >= 0.3 is 33.7 Å². The Kier molecular flexibility index (Phi) is 17.6. The van der Waals surface area contributed by atoms with Crippen LogP contribution in [0.25, 0.3) is 0 Å². The Bertz CT molecular complexity index is 888. The van der Waals surface area contributed by atoms with Gasteiger partial charge in [-0.2, -0.15) is 12.1 Å². The molecule has 0 spiro atoms. The smallest absolute Gasteiger partial charge is 0.459 e. The summed E-state index contributed by atoms with van der Waals surface area (Å²) in [5, 5.41) is 0. The van der Waals surface area contributed by atoms with Gasteiger partial charge in [0.15, 0.2) is 0 Å². The first kappa shape index (κ1) is 34.8. The molecule has 0 amide bonds. The molecule has 0 aliphatic carbocycles. The second-order valence-electron chi connectivity index (χ2n) is 5.47. The number of esters is 2. The largest absolute Gasteiger partial charge is 4.00 e. The minimum atomic E-state index is -1.09. The summed E-state index contributed by atoms with van der Waals surface area (Å²) >= 11 is 0. The predicted octanol–water partition coefficient (Wildman–Crippen LogP) is 3.92. The molecule has 6 nitrogen and oxygen atoms in total. The van der Waals surface area contributed by atoms with Crippen LogP contribution in [0, 0.1) is 50.3 Å². The second-order valence-corrected chi connectivity index (χ2v) is 5.47. The molecule has 2 rings (SSSR count). The molecule has 2 aromatic rings. The molecule has 33 heavy (non-hydrogen) atoms. The average molecular weight is 504 g/mol. The predicted molar refractivity (Wildman–Crippen MR) is 105 cm³/mol. The zero-order valence-electron chi connectivity index (χ0n) is 18.2. The van der Waals surface area contributed by atoms with Crippen LogP contribution in [0.5, 0.6) is 0 Å². The van der Waals surface area contributed by atoms with E-state index in [9.17, 15) is 36.7 Å². The Morgan fingerprint density at radius 2 is 1.00 bits per heavy atom. The SMILES string of the molecule is CC(=O)OCC(=O)c1ccc(F)[c-]c1F.CC(=O)OCC(=O)c1ccc(F)[c-]c1F.[CH3-].[CH3-].[Ti+4]. The molecule has 2 aromatic carbocycles. The normalized spacial score (nSPS) is 8.91. The van der Waals surface area contributed by atoms with Gasteiger partial charge in [0, 0.05) is 37.1 Å². The quantitative estimate of drug-likeness (QED) is 0.195. The number of Topliss-reactive ketones (excluding diaryl/α,β-unsaturated/α-hetero) is 2. The van der Waals surface area contributed by atoms with E-state index in [-0.39, 0.29) is 47.7 Å². The first-order valence-electron chi connectivity index (χ1n) is 8.09. The number of benzene rings is 2. The van der Waals surface area contributed by atoms with Crippen molar-refractivity contribution in [1.82, 2.24) is 0 Å². The van der Waals surface area contributed by atoms with Crippen LogP contribution in [0.15, 0.2) is 24.3 Å². The van der Waals surface area contributed by atoms with E-state index < -0.39 is 60.0 Å². The van der Waals surface area contributed by atoms with Crippen molar-refractivity contribution in [3.63, 3.8) is 0 Å². The van der Waals surface area contributed by atoms with E-state index in [2.05, 4.69) is 9.47 Å². The van der Waals surface area contributed by atoms with Crippen molar-refractivity contribution < 1.29 is 67.9 Å². The van der Waals surface area contributed by atoms with Gasteiger partial charge in [0.2, 0.25) is 0 Å². The Hall–Kier alpha value is -2.85. The molecular formula is C22H20F4O6Ti. The third kappa shape index (κ3) is 12.7. The Morgan fingerprint density at radius 1 is 0.697 bits per heavy atom. The molecule has 0 saturated carbocycles. The Morgan fingerprint density at radius 3 is 1.24 bits per heavy atom. The van der Waals surface area contributed by atoms with Crippen LogP contribution in [0.2, 0.25) is 0 Å². The van der Waals surface area contributed by atoms with Crippen molar-refractivity contribution in [3.05, 3.63) is 85.6 Å². The van der Waals surface area contributed by atoms with Crippen molar-refractivity contribution in [2.24, 2.45) is 0 Å². The van der Waals surface area contributed by atoms with Gasteiger partial charge < -0.3 is 33.9 Å². The van der Waals surface area contributed by atoms with Gasteiger partial charge in [0.1, 0.15) is 24.8 Å². The zero-order valence-corrected chi connectivity index (χ0v) is 19.7. The van der Waals surface area contributed by atoms with Gasteiger partial charge in [-0.1, -0.05) is 11.1 Å². The van der Waals surface area contributed by atoms with Crippen LogP contribution < -0.4 is 0 Å². The van der Waals surface area contributed by atoms with E-state index >= 15 is 0 Å². The van der Waals surface area contributed by atoms with E-state index in [1.54, 1.807) is 12.1 Å². The maximum atomic E-state index is 13.0. The van der Waals surface area contributed by atoms with Gasteiger partial charge in [-0.05, 0) is 0 Å². The monoisotopic (exact) mass is 504 g/mol. The molecule has 0 bridgehead atoms. The minimum Gasteiger partial charge on any atom is -0.459 e. The molecule has 0 unspecified atom stereocenters. The maximum absolute atomic E-state index is 13.0. The van der Waals surface area contributed by atoms with Crippen molar-refractivity contribution in [2.45, 2.75) is 13.8 Å². The molecule has 0 atom stereocenters.